The number of pyridine rings is 1. The number of rotatable bonds is 13. The Morgan fingerprint density at radius 3 is 2.45 bits per heavy atom. The van der Waals surface area contributed by atoms with Crippen molar-refractivity contribution in [3.05, 3.63) is 48.2 Å². The van der Waals surface area contributed by atoms with Crippen LogP contribution in [0.2, 0.25) is 0 Å². The van der Waals surface area contributed by atoms with E-state index >= 15 is 0 Å². The largest absolute Gasteiger partial charge is 0.490 e. The van der Waals surface area contributed by atoms with E-state index in [0.29, 0.717) is 30.5 Å². The van der Waals surface area contributed by atoms with Crippen LogP contribution in [0.3, 0.4) is 0 Å². The van der Waals surface area contributed by atoms with E-state index in [-0.39, 0.29) is 24.0 Å². The molecule has 2 aromatic rings. The van der Waals surface area contributed by atoms with E-state index in [4.69, 9.17) is 14.2 Å². The Morgan fingerprint density at radius 1 is 1.00 bits per heavy atom. The molecule has 0 saturated carbocycles. The van der Waals surface area contributed by atoms with Crippen molar-refractivity contribution in [1.82, 2.24) is 15.6 Å². The molecule has 1 aromatic carbocycles. The molecule has 0 aliphatic rings. The molecular weight excluding hydrogens is 507 g/mol. The number of ether oxygens (including phenoxy) is 3. The number of aliphatic imine (C=N–C) groups is 1. The van der Waals surface area contributed by atoms with Gasteiger partial charge in [-0.25, -0.2) is 4.98 Å². The monoisotopic (exact) mass is 542 g/mol. The van der Waals surface area contributed by atoms with Gasteiger partial charge in [0.2, 0.25) is 5.88 Å². The van der Waals surface area contributed by atoms with Crippen LogP contribution in [0.25, 0.3) is 0 Å². The molecule has 7 nitrogen and oxygen atoms in total. The van der Waals surface area contributed by atoms with Crippen LogP contribution < -0.4 is 20.1 Å². The van der Waals surface area contributed by atoms with Gasteiger partial charge in [0.1, 0.15) is 0 Å². The van der Waals surface area contributed by atoms with Gasteiger partial charge >= 0.3 is 0 Å². The zero-order chi connectivity index (χ0) is 21.4. The number of halogens is 1. The first-order valence-corrected chi connectivity index (χ1v) is 10.6. The van der Waals surface area contributed by atoms with Crippen LogP contribution in [-0.4, -0.2) is 44.4 Å². The number of hydrogen-bond donors (Lipinski definition) is 2. The van der Waals surface area contributed by atoms with Crippen molar-refractivity contribution in [3.63, 3.8) is 0 Å². The fourth-order valence-electron chi connectivity index (χ4n) is 2.63. The summed E-state index contributed by atoms with van der Waals surface area (Å²) in [5.74, 6) is 2.64. The van der Waals surface area contributed by atoms with Crippen molar-refractivity contribution in [2.24, 2.45) is 4.99 Å². The van der Waals surface area contributed by atoms with E-state index in [0.717, 1.165) is 50.5 Å². The number of guanidine groups is 1. The molecule has 2 rings (SSSR count). The Bertz CT molecular complexity index is 757. The molecule has 0 aliphatic heterocycles. The highest BCUT2D eigenvalue weighted by atomic mass is 127. The zero-order valence-corrected chi connectivity index (χ0v) is 21.1. The first-order chi connectivity index (χ1) is 14.8. The molecule has 0 fully saturated rings. The number of para-hydroxylation sites is 2. The van der Waals surface area contributed by atoms with Crippen LogP contribution in [0, 0.1) is 0 Å². The number of benzene rings is 1. The molecule has 0 spiro atoms. The molecule has 0 saturated heterocycles. The molecule has 0 amide bonds. The number of aromatic nitrogens is 1. The fraction of sp³-hybridized carbons (Fsp3) is 0.478. The maximum Gasteiger partial charge on any atom is 0.219 e. The normalized spacial score (nSPS) is 10.9. The summed E-state index contributed by atoms with van der Waals surface area (Å²) < 4.78 is 17.0. The van der Waals surface area contributed by atoms with E-state index in [2.05, 4.69) is 27.5 Å². The Kier molecular flexibility index (Phi) is 14.4. The van der Waals surface area contributed by atoms with Gasteiger partial charge in [0, 0.05) is 45.6 Å². The van der Waals surface area contributed by atoms with Gasteiger partial charge in [-0.2, -0.15) is 0 Å². The summed E-state index contributed by atoms with van der Waals surface area (Å²) in [5, 5.41) is 6.58. The van der Waals surface area contributed by atoms with Crippen molar-refractivity contribution >= 4 is 29.9 Å². The van der Waals surface area contributed by atoms with E-state index < -0.39 is 0 Å². The summed E-state index contributed by atoms with van der Waals surface area (Å²) >= 11 is 0. The smallest absolute Gasteiger partial charge is 0.219 e. The number of nitrogens with zero attached hydrogens (tertiary/aromatic N) is 2. The topological polar surface area (TPSA) is 77.0 Å². The van der Waals surface area contributed by atoms with Gasteiger partial charge in [0.25, 0.3) is 0 Å². The van der Waals surface area contributed by atoms with Gasteiger partial charge < -0.3 is 24.8 Å². The molecule has 0 atom stereocenters. The van der Waals surface area contributed by atoms with Crippen LogP contribution >= 0.6 is 24.0 Å². The molecule has 2 N–H and O–H groups in total. The van der Waals surface area contributed by atoms with E-state index in [1.807, 2.05) is 43.3 Å². The summed E-state index contributed by atoms with van der Waals surface area (Å²) in [7, 11) is 1.76. The van der Waals surface area contributed by atoms with Crippen LogP contribution in [0.1, 0.15) is 38.7 Å². The summed E-state index contributed by atoms with van der Waals surface area (Å²) in [6, 6.07) is 11.4. The predicted molar refractivity (Wildman–Crippen MR) is 136 cm³/mol. The molecule has 31 heavy (non-hydrogen) atoms. The van der Waals surface area contributed by atoms with Crippen LogP contribution in [0.4, 0.5) is 0 Å². The van der Waals surface area contributed by atoms with Gasteiger partial charge in [-0.1, -0.05) is 31.5 Å². The molecule has 172 valence electrons. The highest BCUT2D eigenvalue weighted by Crippen LogP contribution is 2.30. The average molecular weight is 542 g/mol. The van der Waals surface area contributed by atoms with Crippen molar-refractivity contribution in [1.29, 1.82) is 0 Å². The summed E-state index contributed by atoms with van der Waals surface area (Å²) in [5.41, 5.74) is 1.03. The zero-order valence-electron chi connectivity index (χ0n) is 18.7. The lowest BCUT2D eigenvalue weighted by molar-refractivity contribution is 0.129. The quantitative estimate of drug-likeness (QED) is 0.165. The second kappa shape index (κ2) is 16.6. The Morgan fingerprint density at radius 2 is 1.77 bits per heavy atom. The van der Waals surface area contributed by atoms with E-state index in [1.165, 1.54) is 0 Å². The third kappa shape index (κ3) is 10.7. The second-order valence-corrected chi connectivity index (χ2v) is 6.66. The average Bonchev–Trinajstić information content (AvgIpc) is 2.78. The highest BCUT2D eigenvalue weighted by molar-refractivity contribution is 14.0. The van der Waals surface area contributed by atoms with Crippen LogP contribution in [0.5, 0.6) is 17.4 Å². The molecule has 0 unspecified atom stereocenters. The SMILES string of the molecule is CCCCOCCCNC(=NC)NCc1ccc(Oc2ccccc2OCC)nc1.I. The lowest BCUT2D eigenvalue weighted by Crippen LogP contribution is -2.37. The lowest BCUT2D eigenvalue weighted by atomic mass is 10.3. The minimum absolute atomic E-state index is 0. The number of hydrogen-bond acceptors (Lipinski definition) is 5. The minimum Gasteiger partial charge on any atom is -0.490 e. The van der Waals surface area contributed by atoms with Gasteiger partial charge in [0.15, 0.2) is 17.5 Å². The standard InChI is InChI=1S/C23H34N4O3.HI/c1-4-6-15-28-16-9-14-25-23(24-3)27-18-19-12-13-22(26-17-19)30-21-11-8-7-10-20(21)29-5-2;/h7-8,10-13,17H,4-6,9,14-16,18H2,1-3H3,(H2,24,25,27);1H. The first kappa shape index (κ1) is 27.0. The van der Waals surface area contributed by atoms with Crippen molar-refractivity contribution < 1.29 is 14.2 Å². The molecular formula is C23H35IN4O3. The van der Waals surface area contributed by atoms with Gasteiger partial charge in [-0.15, -0.1) is 24.0 Å². The van der Waals surface area contributed by atoms with Crippen molar-refractivity contribution in [2.45, 2.75) is 39.7 Å². The fourth-order valence-corrected chi connectivity index (χ4v) is 2.63. The van der Waals surface area contributed by atoms with Gasteiger partial charge in [-0.3, -0.25) is 4.99 Å². The Labute approximate surface area is 203 Å². The molecule has 8 heteroatoms. The van der Waals surface area contributed by atoms with Crippen molar-refractivity contribution in [2.75, 3.05) is 33.4 Å². The summed E-state index contributed by atoms with van der Waals surface area (Å²) in [4.78, 5) is 8.64. The van der Waals surface area contributed by atoms with Gasteiger partial charge in [-0.05, 0) is 37.5 Å². The summed E-state index contributed by atoms with van der Waals surface area (Å²) in [6.07, 6.45) is 5.02. The number of nitrogens with one attached hydrogen (secondary N) is 2. The predicted octanol–water partition coefficient (Wildman–Crippen LogP) is 4.76. The van der Waals surface area contributed by atoms with E-state index in [9.17, 15) is 0 Å². The molecule has 1 heterocycles. The highest BCUT2D eigenvalue weighted by Gasteiger charge is 2.06. The molecule has 1 aromatic heterocycles. The lowest BCUT2D eigenvalue weighted by Gasteiger charge is -2.13. The molecule has 0 radical (unpaired) electrons. The number of unbranched alkanes of at least 4 members (excludes halogenated alkanes) is 1. The minimum atomic E-state index is 0. The second-order valence-electron chi connectivity index (χ2n) is 6.66. The first-order valence-electron chi connectivity index (χ1n) is 10.6. The maximum absolute atomic E-state index is 5.86. The van der Waals surface area contributed by atoms with E-state index in [1.54, 1.807) is 13.2 Å². The molecule has 0 aliphatic carbocycles. The Hall–Kier alpha value is -2.07. The third-order valence-corrected chi connectivity index (χ3v) is 4.24. The Balaban J connectivity index is 0.00000480. The van der Waals surface area contributed by atoms with Gasteiger partial charge in [0.05, 0.1) is 6.61 Å². The van der Waals surface area contributed by atoms with Crippen LogP contribution in [0.15, 0.2) is 47.6 Å². The molecule has 0 bridgehead atoms. The third-order valence-electron chi connectivity index (χ3n) is 4.24. The van der Waals surface area contributed by atoms with Crippen molar-refractivity contribution in [3.8, 4) is 17.4 Å². The summed E-state index contributed by atoms with van der Waals surface area (Å²) in [6.45, 7) is 7.74. The maximum atomic E-state index is 5.86. The van der Waals surface area contributed by atoms with Crippen LogP contribution in [-0.2, 0) is 11.3 Å².